The third kappa shape index (κ3) is 4.27. The molecule has 0 saturated carbocycles. The zero-order valence-electron chi connectivity index (χ0n) is 8.97. The summed E-state index contributed by atoms with van der Waals surface area (Å²) in [6, 6.07) is 0.146. The summed E-state index contributed by atoms with van der Waals surface area (Å²) >= 11 is 0. The van der Waals surface area contributed by atoms with Crippen LogP contribution in [0.1, 0.15) is 40.0 Å². The molecule has 0 heterocycles. The van der Waals surface area contributed by atoms with E-state index in [9.17, 15) is 4.79 Å². The van der Waals surface area contributed by atoms with Crippen molar-refractivity contribution in [3.8, 4) is 0 Å². The van der Waals surface area contributed by atoms with Crippen molar-refractivity contribution < 1.29 is 4.79 Å². The van der Waals surface area contributed by atoms with Crippen molar-refractivity contribution in [2.45, 2.75) is 46.1 Å². The number of carbonyl (C=O) groups excluding carboxylic acids is 1. The number of carbonyl (C=O) groups is 1. The van der Waals surface area contributed by atoms with E-state index in [2.05, 4.69) is 5.32 Å². The fraction of sp³-hybridized carbons (Fsp3) is 0.900. The normalized spacial score (nSPS) is 13.0. The molecule has 0 saturated heterocycles. The highest BCUT2D eigenvalue weighted by Crippen LogP contribution is 2.07. The number of hydrogen-bond acceptors (Lipinski definition) is 2. The number of hydrogen-bond donors (Lipinski definition) is 2. The lowest BCUT2D eigenvalue weighted by molar-refractivity contribution is -0.125. The average Bonchev–Trinajstić information content (AvgIpc) is 2.16. The molecule has 1 atom stereocenters. The van der Waals surface area contributed by atoms with Gasteiger partial charge in [0.05, 0.1) is 0 Å². The highest BCUT2D eigenvalue weighted by Gasteiger charge is 2.16. The van der Waals surface area contributed by atoms with Crippen LogP contribution in [-0.2, 0) is 4.79 Å². The van der Waals surface area contributed by atoms with Crippen LogP contribution in [0, 0.1) is 5.92 Å². The molecule has 78 valence electrons. The number of rotatable bonds is 6. The number of nitrogens with two attached hydrogens (primary N) is 1. The molecule has 0 radical (unpaired) electrons. The Labute approximate surface area is 81.1 Å². The van der Waals surface area contributed by atoms with E-state index in [1.807, 2.05) is 20.8 Å². The van der Waals surface area contributed by atoms with Gasteiger partial charge in [-0.15, -0.1) is 0 Å². The Morgan fingerprint density at radius 2 is 1.77 bits per heavy atom. The first-order chi connectivity index (χ1) is 6.19. The summed E-state index contributed by atoms with van der Waals surface area (Å²) in [7, 11) is 0. The summed E-state index contributed by atoms with van der Waals surface area (Å²) in [6.45, 7) is 6.64. The zero-order valence-corrected chi connectivity index (χ0v) is 8.97. The lowest BCUT2D eigenvalue weighted by Crippen LogP contribution is -2.42. The summed E-state index contributed by atoms with van der Waals surface area (Å²) in [4.78, 5) is 11.6. The van der Waals surface area contributed by atoms with Crippen molar-refractivity contribution in [2.75, 3.05) is 6.54 Å². The quantitative estimate of drug-likeness (QED) is 0.656. The Hall–Kier alpha value is -0.570. The van der Waals surface area contributed by atoms with Crippen LogP contribution >= 0.6 is 0 Å². The third-order valence-electron chi connectivity index (χ3n) is 2.48. The molecular weight excluding hydrogens is 164 g/mol. The summed E-state index contributed by atoms with van der Waals surface area (Å²) in [5.74, 6) is 0.308. The second-order valence-electron chi connectivity index (χ2n) is 3.36. The molecule has 3 heteroatoms. The SMILES string of the molecule is CCC(CN)NC(=O)C(CC)CC. The predicted molar refractivity (Wildman–Crippen MR) is 55.3 cm³/mol. The third-order valence-corrected chi connectivity index (χ3v) is 2.48. The molecule has 0 aromatic rings. The van der Waals surface area contributed by atoms with Crippen LogP contribution in [0.4, 0.5) is 0 Å². The van der Waals surface area contributed by atoms with Crippen molar-refractivity contribution in [3.63, 3.8) is 0 Å². The van der Waals surface area contributed by atoms with E-state index in [1.165, 1.54) is 0 Å². The van der Waals surface area contributed by atoms with Crippen molar-refractivity contribution in [1.29, 1.82) is 0 Å². The minimum absolute atomic E-state index is 0.146. The Balaban J connectivity index is 3.95. The Bertz CT molecular complexity index is 140. The molecule has 0 aromatic carbocycles. The Morgan fingerprint density at radius 1 is 1.23 bits per heavy atom. The average molecular weight is 186 g/mol. The monoisotopic (exact) mass is 186 g/mol. The highest BCUT2D eigenvalue weighted by molar-refractivity contribution is 5.78. The van der Waals surface area contributed by atoms with Crippen LogP contribution in [-0.4, -0.2) is 18.5 Å². The zero-order chi connectivity index (χ0) is 10.3. The van der Waals surface area contributed by atoms with Gasteiger partial charge in [0.15, 0.2) is 0 Å². The molecule has 0 fully saturated rings. The molecule has 1 unspecified atom stereocenters. The molecule has 3 N–H and O–H groups in total. The van der Waals surface area contributed by atoms with Gasteiger partial charge in [-0.2, -0.15) is 0 Å². The topological polar surface area (TPSA) is 55.1 Å². The van der Waals surface area contributed by atoms with Crippen LogP contribution in [0.15, 0.2) is 0 Å². The van der Waals surface area contributed by atoms with E-state index in [-0.39, 0.29) is 17.9 Å². The first kappa shape index (κ1) is 12.4. The molecule has 1 amide bonds. The van der Waals surface area contributed by atoms with Crippen LogP contribution < -0.4 is 11.1 Å². The highest BCUT2D eigenvalue weighted by atomic mass is 16.1. The van der Waals surface area contributed by atoms with Gasteiger partial charge in [-0.3, -0.25) is 4.79 Å². The van der Waals surface area contributed by atoms with Crippen LogP contribution in [0.2, 0.25) is 0 Å². The predicted octanol–water partition coefficient (Wildman–Crippen LogP) is 1.28. The van der Waals surface area contributed by atoms with E-state index < -0.39 is 0 Å². The van der Waals surface area contributed by atoms with Crippen LogP contribution in [0.5, 0.6) is 0 Å². The molecule has 0 aliphatic rings. The van der Waals surface area contributed by atoms with E-state index in [0.29, 0.717) is 6.54 Å². The summed E-state index contributed by atoms with van der Waals surface area (Å²) in [6.07, 6.45) is 2.72. The van der Waals surface area contributed by atoms with Gasteiger partial charge in [-0.25, -0.2) is 0 Å². The van der Waals surface area contributed by atoms with Crippen molar-refractivity contribution >= 4 is 5.91 Å². The molecule has 0 aliphatic heterocycles. The van der Waals surface area contributed by atoms with E-state index in [0.717, 1.165) is 19.3 Å². The van der Waals surface area contributed by atoms with Gasteiger partial charge in [0.1, 0.15) is 0 Å². The molecule has 3 nitrogen and oxygen atoms in total. The standard InChI is InChI=1S/C10H22N2O/c1-4-8(5-2)10(13)12-9(6-3)7-11/h8-9H,4-7,11H2,1-3H3,(H,12,13). The van der Waals surface area contributed by atoms with Gasteiger partial charge in [0.2, 0.25) is 5.91 Å². The van der Waals surface area contributed by atoms with Gasteiger partial charge < -0.3 is 11.1 Å². The maximum atomic E-state index is 11.6. The molecule has 0 aromatic heterocycles. The minimum atomic E-state index is 0.146. The Kier molecular flexibility index (Phi) is 6.59. The van der Waals surface area contributed by atoms with E-state index in [1.54, 1.807) is 0 Å². The van der Waals surface area contributed by atoms with Crippen molar-refractivity contribution in [1.82, 2.24) is 5.32 Å². The fourth-order valence-electron chi connectivity index (χ4n) is 1.31. The maximum absolute atomic E-state index is 11.6. The molecule has 0 bridgehead atoms. The van der Waals surface area contributed by atoms with Gasteiger partial charge in [-0.05, 0) is 19.3 Å². The molecule has 0 aliphatic carbocycles. The van der Waals surface area contributed by atoms with E-state index in [4.69, 9.17) is 5.73 Å². The Morgan fingerprint density at radius 3 is 2.08 bits per heavy atom. The van der Waals surface area contributed by atoms with Crippen molar-refractivity contribution in [2.24, 2.45) is 11.7 Å². The first-order valence-corrected chi connectivity index (χ1v) is 5.19. The second-order valence-corrected chi connectivity index (χ2v) is 3.36. The van der Waals surface area contributed by atoms with E-state index >= 15 is 0 Å². The van der Waals surface area contributed by atoms with Crippen LogP contribution in [0.25, 0.3) is 0 Å². The van der Waals surface area contributed by atoms with Gasteiger partial charge in [0.25, 0.3) is 0 Å². The fourth-order valence-corrected chi connectivity index (χ4v) is 1.31. The lowest BCUT2D eigenvalue weighted by atomic mass is 10.0. The smallest absolute Gasteiger partial charge is 0.223 e. The van der Waals surface area contributed by atoms with Crippen LogP contribution in [0.3, 0.4) is 0 Å². The number of amides is 1. The van der Waals surface area contributed by atoms with Gasteiger partial charge in [-0.1, -0.05) is 20.8 Å². The second kappa shape index (κ2) is 6.89. The summed E-state index contributed by atoms with van der Waals surface area (Å²) < 4.78 is 0. The molecule has 0 spiro atoms. The summed E-state index contributed by atoms with van der Waals surface area (Å²) in [5.41, 5.74) is 5.50. The van der Waals surface area contributed by atoms with Gasteiger partial charge in [0, 0.05) is 18.5 Å². The minimum Gasteiger partial charge on any atom is -0.352 e. The largest absolute Gasteiger partial charge is 0.352 e. The summed E-state index contributed by atoms with van der Waals surface area (Å²) in [5, 5.41) is 2.95. The molecule has 13 heavy (non-hydrogen) atoms. The maximum Gasteiger partial charge on any atom is 0.223 e. The molecular formula is C10H22N2O. The first-order valence-electron chi connectivity index (χ1n) is 5.19. The lowest BCUT2D eigenvalue weighted by Gasteiger charge is -2.18. The van der Waals surface area contributed by atoms with Crippen molar-refractivity contribution in [3.05, 3.63) is 0 Å². The number of nitrogens with one attached hydrogen (secondary N) is 1. The van der Waals surface area contributed by atoms with Gasteiger partial charge >= 0.3 is 0 Å². The molecule has 0 rings (SSSR count).